The van der Waals surface area contributed by atoms with Gasteiger partial charge in [0.15, 0.2) is 5.82 Å². The molecule has 0 saturated carbocycles. The smallest absolute Gasteiger partial charge is 0.292 e. The standard InChI is InChI=1S/C25H23N7O/c1-2-6-21-17-32(20-7-4-3-5-8-20)25(33)31(21)16-18-9-11-19(12-10-18)22-13-14-26-15-23(22)24-27-29-30-28-24/h3-5,7-15,17H,2,6,16H2,1H3,(H,27,28,29,30). The number of rotatable bonds is 7. The van der Waals surface area contributed by atoms with E-state index in [1.54, 1.807) is 17.0 Å². The van der Waals surface area contributed by atoms with Crippen LogP contribution in [-0.2, 0) is 13.0 Å². The van der Waals surface area contributed by atoms with E-state index in [0.717, 1.165) is 46.5 Å². The third-order valence-electron chi connectivity index (χ3n) is 5.63. The zero-order valence-electron chi connectivity index (χ0n) is 18.2. The van der Waals surface area contributed by atoms with Gasteiger partial charge >= 0.3 is 5.69 Å². The van der Waals surface area contributed by atoms with E-state index in [4.69, 9.17) is 0 Å². The van der Waals surface area contributed by atoms with Crippen LogP contribution in [0.3, 0.4) is 0 Å². The van der Waals surface area contributed by atoms with E-state index < -0.39 is 0 Å². The molecule has 0 aliphatic rings. The van der Waals surface area contributed by atoms with E-state index in [1.165, 1.54) is 0 Å². The van der Waals surface area contributed by atoms with Crippen LogP contribution in [0.1, 0.15) is 24.6 Å². The SMILES string of the molecule is CCCc1cn(-c2ccccc2)c(=O)n1Cc1ccc(-c2ccncc2-c2nnn[nH]2)cc1. The van der Waals surface area contributed by atoms with Crippen LogP contribution in [0.25, 0.3) is 28.2 Å². The number of tetrazole rings is 1. The largest absolute Gasteiger partial charge is 0.333 e. The van der Waals surface area contributed by atoms with Gasteiger partial charge in [0.25, 0.3) is 0 Å². The van der Waals surface area contributed by atoms with E-state index in [0.29, 0.717) is 12.4 Å². The van der Waals surface area contributed by atoms with Gasteiger partial charge in [0.2, 0.25) is 0 Å². The van der Waals surface area contributed by atoms with E-state index in [2.05, 4.69) is 56.8 Å². The lowest BCUT2D eigenvalue weighted by atomic mass is 10.00. The maximum atomic E-state index is 13.2. The highest BCUT2D eigenvalue weighted by Gasteiger charge is 2.14. The molecular weight excluding hydrogens is 414 g/mol. The minimum Gasteiger partial charge on any atom is -0.292 e. The summed E-state index contributed by atoms with van der Waals surface area (Å²) in [7, 11) is 0. The summed E-state index contributed by atoms with van der Waals surface area (Å²) in [5.41, 5.74) is 5.77. The third kappa shape index (κ3) is 4.10. The Bertz CT molecular complexity index is 1400. The highest BCUT2D eigenvalue weighted by atomic mass is 16.1. The van der Waals surface area contributed by atoms with Gasteiger partial charge in [-0.3, -0.25) is 14.1 Å². The van der Waals surface area contributed by atoms with Gasteiger partial charge < -0.3 is 0 Å². The molecule has 33 heavy (non-hydrogen) atoms. The Hall–Kier alpha value is -4.33. The molecule has 0 unspecified atom stereocenters. The Labute approximate surface area is 190 Å². The molecule has 164 valence electrons. The molecule has 5 rings (SSSR count). The number of nitrogens with zero attached hydrogens (tertiary/aromatic N) is 6. The summed E-state index contributed by atoms with van der Waals surface area (Å²) >= 11 is 0. The topological polar surface area (TPSA) is 94.3 Å². The zero-order chi connectivity index (χ0) is 22.6. The first-order valence-electron chi connectivity index (χ1n) is 10.9. The van der Waals surface area contributed by atoms with Gasteiger partial charge in [0.1, 0.15) is 0 Å². The molecule has 0 radical (unpaired) electrons. The lowest BCUT2D eigenvalue weighted by molar-refractivity contribution is 0.691. The van der Waals surface area contributed by atoms with Gasteiger partial charge in [0, 0.05) is 29.8 Å². The number of imidazole rings is 1. The molecular formula is C25H23N7O. The average Bonchev–Trinajstić information content (AvgIpc) is 3.50. The number of para-hydroxylation sites is 1. The van der Waals surface area contributed by atoms with E-state index >= 15 is 0 Å². The predicted octanol–water partition coefficient (Wildman–Crippen LogP) is 3.88. The van der Waals surface area contributed by atoms with Gasteiger partial charge in [0.05, 0.1) is 12.2 Å². The quantitative estimate of drug-likeness (QED) is 0.417. The molecule has 8 heteroatoms. The van der Waals surface area contributed by atoms with Crippen molar-refractivity contribution in [1.29, 1.82) is 0 Å². The summed E-state index contributed by atoms with van der Waals surface area (Å²) in [6.07, 6.45) is 7.27. The van der Waals surface area contributed by atoms with E-state index in [-0.39, 0.29) is 5.69 Å². The monoisotopic (exact) mass is 437 g/mol. The lowest BCUT2D eigenvalue weighted by Crippen LogP contribution is -2.24. The Balaban J connectivity index is 1.46. The zero-order valence-corrected chi connectivity index (χ0v) is 18.2. The molecule has 0 spiro atoms. The highest BCUT2D eigenvalue weighted by molar-refractivity contribution is 5.79. The number of benzene rings is 2. The van der Waals surface area contributed by atoms with Crippen molar-refractivity contribution in [3.63, 3.8) is 0 Å². The molecule has 0 aliphatic carbocycles. The number of aromatic nitrogens is 7. The minimum absolute atomic E-state index is 0.0250. The second-order valence-corrected chi connectivity index (χ2v) is 7.81. The first-order valence-corrected chi connectivity index (χ1v) is 10.9. The summed E-state index contributed by atoms with van der Waals surface area (Å²) in [5, 5.41) is 14.1. The molecule has 0 amide bonds. The Morgan fingerprint density at radius 3 is 2.52 bits per heavy atom. The first-order chi connectivity index (χ1) is 16.2. The van der Waals surface area contributed by atoms with Gasteiger partial charge in [-0.2, -0.15) is 0 Å². The molecule has 8 nitrogen and oxygen atoms in total. The van der Waals surface area contributed by atoms with Crippen molar-refractivity contribution in [2.45, 2.75) is 26.3 Å². The molecule has 3 heterocycles. The molecule has 2 aromatic carbocycles. The number of aryl methyl sites for hydroxylation is 1. The fourth-order valence-electron chi connectivity index (χ4n) is 4.01. The Morgan fingerprint density at radius 1 is 0.970 bits per heavy atom. The van der Waals surface area contributed by atoms with Crippen molar-refractivity contribution in [3.05, 3.63) is 101 Å². The van der Waals surface area contributed by atoms with Crippen LogP contribution in [0.15, 0.2) is 84.0 Å². The maximum Gasteiger partial charge on any atom is 0.333 e. The molecule has 5 aromatic rings. The van der Waals surface area contributed by atoms with Crippen LogP contribution in [0.2, 0.25) is 0 Å². The summed E-state index contributed by atoms with van der Waals surface area (Å²) in [6, 6.07) is 19.9. The van der Waals surface area contributed by atoms with E-state index in [1.807, 2.05) is 47.2 Å². The summed E-state index contributed by atoms with van der Waals surface area (Å²) in [5.74, 6) is 0.570. The second kappa shape index (κ2) is 9.04. The fourth-order valence-corrected chi connectivity index (χ4v) is 4.01. The molecule has 0 atom stereocenters. The van der Waals surface area contributed by atoms with Crippen LogP contribution in [-0.4, -0.2) is 34.7 Å². The average molecular weight is 438 g/mol. The highest BCUT2D eigenvalue weighted by Crippen LogP contribution is 2.29. The van der Waals surface area contributed by atoms with Gasteiger partial charge in [-0.25, -0.2) is 9.89 Å². The summed E-state index contributed by atoms with van der Waals surface area (Å²) < 4.78 is 3.59. The van der Waals surface area contributed by atoms with Crippen molar-refractivity contribution in [2.24, 2.45) is 0 Å². The first kappa shape index (κ1) is 20.6. The Morgan fingerprint density at radius 2 is 1.79 bits per heavy atom. The summed E-state index contributed by atoms with van der Waals surface area (Å²) in [6.45, 7) is 2.64. The fraction of sp³-hybridized carbons (Fsp3) is 0.160. The van der Waals surface area contributed by atoms with Crippen LogP contribution in [0.5, 0.6) is 0 Å². The van der Waals surface area contributed by atoms with Crippen molar-refractivity contribution < 1.29 is 0 Å². The minimum atomic E-state index is -0.0250. The van der Waals surface area contributed by atoms with Gasteiger partial charge in [-0.1, -0.05) is 55.8 Å². The normalized spacial score (nSPS) is 11.1. The number of nitrogens with one attached hydrogen (secondary N) is 1. The molecule has 0 aliphatic heterocycles. The van der Waals surface area contributed by atoms with Crippen LogP contribution < -0.4 is 5.69 Å². The molecule has 0 fully saturated rings. The molecule has 0 bridgehead atoms. The van der Waals surface area contributed by atoms with Crippen molar-refractivity contribution in [1.82, 2.24) is 34.7 Å². The van der Waals surface area contributed by atoms with Crippen LogP contribution in [0.4, 0.5) is 0 Å². The lowest BCUT2D eigenvalue weighted by Gasteiger charge is -2.10. The summed E-state index contributed by atoms with van der Waals surface area (Å²) in [4.78, 5) is 17.4. The number of aromatic amines is 1. The van der Waals surface area contributed by atoms with E-state index in [9.17, 15) is 4.79 Å². The Kier molecular flexibility index (Phi) is 5.63. The molecule has 1 N–H and O–H groups in total. The second-order valence-electron chi connectivity index (χ2n) is 7.81. The molecule has 3 aromatic heterocycles. The predicted molar refractivity (Wildman–Crippen MR) is 126 cm³/mol. The third-order valence-corrected chi connectivity index (χ3v) is 5.63. The van der Waals surface area contributed by atoms with Crippen molar-refractivity contribution in [2.75, 3.05) is 0 Å². The van der Waals surface area contributed by atoms with Gasteiger partial charge in [-0.15, -0.1) is 5.10 Å². The number of pyridine rings is 1. The van der Waals surface area contributed by atoms with Crippen molar-refractivity contribution in [3.8, 4) is 28.2 Å². The van der Waals surface area contributed by atoms with Crippen molar-refractivity contribution >= 4 is 0 Å². The number of hydrogen-bond acceptors (Lipinski definition) is 5. The van der Waals surface area contributed by atoms with Crippen LogP contribution in [0, 0.1) is 0 Å². The van der Waals surface area contributed by atoms with Crippen LogP contribution >= 0.6 is 0 Å². The molecule has 0 saturated heterocycles. The van der Waals surface area contributed by atoms with Gasteiger partial charge in [-0.05, 0) is 51.7 Å². The number of H-pyrrole nitrogens is 1. The number of hydrogen-bond donors (Lipinski definition) is 1. The maximum absolute atomic E-state index is 13.2.